The summed E-state index contributed by atoms with van der Waals surface area (Å²) in [7, 11) is 0. The lowest BCUT2D eigenvalue weighted by atomic mass is 10.0. The van der Waals surface area contributed by atoms with Crippen LogP contribution in [0.5, 0.6) is 17.2 Å². The third kappa shape index (κ3) is 2.80. The fourth-order valence-corrected chi connectivity index (χ4v) is 3.36. The van der Waals surface area contributed by atoms with Crippen molar-refractivity contribution < 1.29 is 14.2 Å². The predicted molar refractivity (Wildman–Crippen MR) is 94.1 cm³/mol. The molecule has 0 atom stereocenters. The summed E-state index contributed by atoms with van der Waals surface area (Å²) in [6, 6.07) is 12.2. The molecule has 0 saturated carbocycles. The van der Waals surface area contributed by atoms with E-state index >= 15 is 0 Å². The third-order valence-electron chi connectivity index (χ3n) is 4.54. The Kier molecular flexibility index (Phi) is 4.02. The molecule has 2 aromatic carbocycles. The lowest BCUT2D eigenvalue weighted by Gasteiger charge is -2.41. The van der Waals surface area contributed by atoms with E-state index in [9.17, 15) is 0 Å². The van der Waals surface area contributed by atoms with E-state index < -0.39 is 0 Å². The van der Waals surface area contributed by atoms with Crippen LogP contribution in [0, 0.1) is 0 Å². The molecule has 0 radical (unpaired) electrons. The first-order chi connectivity index (χ1) is 11.6. The molecule has 2 aliphatic heterocycles. The minimum Gasteiger partial charge on any atom is -0.487 e. The monoisotopic (exact) mass is 345 g/mol. The first kappa shape index (κ1) is 15.6. The van der Waals surface area contributed by atoms with E-state index in [1.165, 1.54) is 0 Å². The second-order valence-corrected chi connectivity index (χ2v) is 6.88. The van der Waals surface area contributed by atoms with Crippen LogP contribution in [-0.2, 0) is 0 Å². The van der Waals surface area contributed by atoms with Crippen molar-refractivity contribution in [1.29, 1.82) is 0 Å². The molecule has 0 spiro atoms. The molecule has 1 saturated heterocycles. The molecule has 0 unspecified atom stereocenters. The summed E-state index contributed by atoms with van der Waals surface area (Å²) < 4.78 is 17.1. The van der Waals surface area contributed by atoms with E-state index in [4.69, 9.17) is 25.8 Å². The summed E-state index contributed by atoms with van der Waals surface area (Å²) in [5, 5.41) is 0.673. The smallest absolute Gasteiger partial charge is 0.231 e. The molecule has 4 rings (SSSR count). The summed E-state index contributed by atoms with van der Waals surface area (Å²) in [6.45, 7) is 6.56. The van der Waals surface area contributed by atoms with Crippen LogP contribution in [-0.4, -0.2) is 36.9 Å². The van der Waals surface area contributed by atoms with Crippen LogP contribution >= 0.6 is 11.6 Å². The van der Waals surface area contributed by atoms with Gasteiger partial charge in [0.05, 0.1) is 5.02 Å². The molecule has 0 N–H and O–H groups in total. The van der Waals surface area contributed by atoms with E-state index in [0.717, 1.165) is 41.5 Å². The van der Waals surface area contributed by atoms with Gasteiger partial charge in [0.1, 0.15) is 11.9 Å². The zero-order valence-electron chi connectivity index (χ0n) is 13.8. The Hall–Kier alpha value is -1.91. The van der Waals surface area contributed by atoms with Crippen molar-refractivity contribution in [2.24, 2.45) is 0 Å². The number of benzene rings is 2. The molecule has 2 aliphatic rings. The number of fused-ring (bicyclic) bond motifs is 1. The van der Waals surface area contributed by atoms with E-state index in [2.05, 4.69) is 18.7 Å². The highest BCUT2D eigenvalue weighted by Crippen LogP contribution is 2.42. The molecule has 2 heterocycles. The van der Waals surface area contributed by atoms with E-state index in [-0.39, 0.29) is 12.9 Å². The zero-order valence-corrected chi connectivity index (χ0v) is 14.5. The minimum absolute atomic E-state index is 0.207. The lowest BCUT2D eigenvalue weighted by Crippen LogP contribution is -2.56. The summed E-state index contributed by atoms with van der Waals surface area (Å²) in [5.74, 6) is 2.32. The van der Waals surface area contributed by atoms with Crippen molar-refractivity contribution in [2.45, 2.75) is 26.0 Å². The minimum atomic E-state index is 0.207. The fourth-order valence-electron chi connectivity index (χ4n) is 3.08. The quantitative estimate of drug-likeness (QED) is 0.830. The van der Waals surface area contributed by atoms with Crippen molar-refractivity contribution in [2.75, 3.05) is 19.9 Å². The summed E-state index contributed by atoms with van der Waals surface area (Å²) >= 11 is 6.48. The second kappa shape index (κ2) is 6.19. The van der Waals surface area contributed by atoms with Crippen LogP contribution in [0.3, 0.4) is 0 Å². The Morgan fingerprint density at radius 3 is 2.71 bits per heavy atom. The van der Waals surface area contributed by atoms with Gasteiger partial charge < -0.3 is 14.2 Å². The maximum absolute atomic E-state index is 6.48. The maximum Gasteiger partial charge on any atom is 0.231 e. The van der Waals surface area contributed by atoms with Gasteiger partial charge in [0.2, 0.25) is 6.79 Å². The molecular weight excluding hydrogens is 326 g/mol. The number of halogens is 1. The van der Waals surface area contributed by atoms with E-state index in [1.54, 1.807) is 0 Å². The molecular formula is C19H20ClNO3. The van der Waals surface area contributed by atoms with Crippen LogP contribution < -0.4 is 14.2 Å². The summed E-state index contributed by atoms with van der Waals surface area (Å²) in [6.07, 6.45) is 0.207. The number of rotatable bonds is 4. The van der Waals surface area contributed by atoms with Crippen LogP contribution in [0.1, 0.15) is 13.8 Å². The fraction of sp³-hybridized carbons (Fsp3) is 0.368. The Morgan fingerprint density at radius 1 is 1.12 bits per heavy atom. The van der Waals surface area contributed by atoms with Gasteiger partial charge in [-0.1, -0.05) is 23.7 Å². The number of ether oxygens (including phenoxy) is 3. The van der Waals surface area contributed by atoms with Crippen molar-refractivity contribution in [1.82, 2.24) is 4.90 Å². The molecule has 126 valence electrons. The summed E-state index contributed by atoms with van der Waals surface area (Å²) in [4.78, 5) is 2.38. The van der Waals surface area contributed by atoms with Gasteiger partial charge in [-0.15, -0.1) is 0 Å². The molecule has 0 aliphatic carbocycles. The number of hydrogen-bond acceptors (Lipinski definition) is 4. The van der Waals surface area contributed by atoms with Crippen molar-refractivity contribution in [3.05, 3.63) is 41.4 Å². The normalized spacial score (nSPS) is 17.2. The standard InChI is InChI=1S/C19H20ClNO3/c1-12(2)21-9-14(10-21)24-17-5-3-4-15(20)19(17)13-6-7-16-18(8-13)23-11-22-16/h3-8,12,14H,9-11H2,1-2H3. The third-order valence-corrected chi connectivity index (χ3v) is 4.85. The van der Waals surface area contributed by atoms with Gasteiger partial charge in [-0.05, 0) is 43.7 Å². The summed E-state index contributed by atoms with van der Waals surface area (Å²) in [5.41, 5.74) is 1.88. The highest BCUT2D eigenvalue weighted by atomic mass is 35.5. The molecule has 0 aromatic heterocycles. The van der Waals surface area contributed by atoms with Crippen molar-refractivity contribution in [3.8, 4) is 28.4 Å². The number of hydrogen-bond donors (Lipinski definition) is 0. The van der Waals surface area contributed by atoms with Gasteiger partial charge in [-0.25, -0.2) is 0 Å². The van der Waals surface area contributed by atoms with E-state index in [0.29, 0.717) is 11.1 Å². The highest BCUT2D eigenvalue weighted by molar-refractivity contribution is 6.33. The van der Waals surface area contributed by atoms with Gasteiger partial charge in [-0.2, -0.15) is 0 Å². The van der Waals surface area contributed by atoms with Crippen molar-refractivity contribution in [3.63, 3.8) is 0 Å². The first-order valence-corrected chi connectivity index (χ1v) is 8.59. The van der Waals surface area contributed by atoms with Gasteiger partial charge >= 0.3 is 0 Å². The SMILES string of the molecule is CC(C)N1CC(Oc2cccc(Cl)c2-c2ccc3c(c2)OCO3)C1. The molecule has 0 bridgehead atoms. The molecule has 5 heteroatoms. The Morgan fingerprint density at radius 2 is 1.92 bits per heavy atom. The van der Waals surface area contributed by atoms with Crippen LogP contribution in [0.15, 0.2) is 36.4 Å². The van der Waals surface area contributed by atoms with Crippen LogP contribution in [0.4, 0.5) is 0 Å². The number of nitrogens with zero attached hydrogens (tertiary/aromatic N) is 1. The van der Waals surface area contributed by atoms with Gasteiger partial charge in [0.15, 0.2) is 11.5 Å². The first-order valence-electron chi connectivity index (χ1n) is 8.21. The topological polar surface area (TPSA) is 30.9 Å². The average molecular weight is 346 g/mol. The Balaban J connectivity index is 1.61. The highest BCUT2D eigenvalue weighted by Gasteiger charge is 2.31. The zero-order chi connectivity index (χ0) is 16.7. The lowest BCUT2D eigenvalue weighted by molar-refractivity contribution is 0.000470. The maximum atomic E-state index is 6.48. The van der Waals surface area contributed by atoms with Gasteiger partial charge in [0, 0.05) is 24.7 Å². The van der Waals surface area contributed by atoms with E-state index in [1.807, 2.05) is 36.4 Å². The Bertz CT molecular complexity index is 756. The Labute approximate surface area is 146 Å². The molecule has 1 fully saturated rings. The average Bonchev–Trinajstić information content (AvgIpc) is 2.97. The molecule has 0 amide bonds. The van der Waals surface area contributed by atoms with Crippen molar-refractivity contribution >= 4 is 11.6 Å². The number of likely N-dealkylation sites (tertiary alicyclic amines) is 1. The largest absolute Gasteiger partial charge is 0.487 e. The van der Waals surface area contributed by atoms with Crippen LogP contribution in [0.25, 0.3) is 11.1 Å². The second-order valence-electron chi connectivity index (χ2n) is 6.47. The molecule has 4 nitrogen and oxygen atoms in total. The van der Waals surface area contributed by atoms with Crippen LogP contribution in [0.2, 0.25) is 5.02 Å². The predicted octanol–water partition coefficient (Wildman–Crippen LogP) is 4.21. The molecule has 2 aromatic rings. The van der Waals surface area contributed by atoms with Gasteiger partial charge in [0.25, 0.3) is 0 Å². The van der Waals surface area contributed by atoms with Gasteiger partial charge in [-0.3, -0.25) is 4.90 Å². The molecule has 24 heavy (non-hydrogen) atoms.